The van der Waals surface area contributed by atoms with Crippen LogP contribution in [-0.2, 0) is 17.6 Å². The van der Waals surface area contributed by atoms with Crippen molar-refractivity contribution in [1.29, 1.82) is 0 Å². The van der Waals surface area contributed by atoms with Crippen LogP contribution in [0.3, 0.4) is 0 Å². The van der Waals surface area contributed by atoms with E-state index in [9.17, 15) is 0 Å². The fourth-order valence-electron chi connectivity index (χ4n) is 5.92. The number of fused-ring (bicyclic) bond motifs is 5. The Bertz CT molecular complexity index is 1030. The summed E-state index contributed by atoms with van der Waals surface area (Å²) in [5.41, 5.74) is 10.9. The van der Waals surface area contributed by atoms with Gasteiger partial charge >= 0.3 is 0 Å². The van der Waals surface area contributed by atoms with E-state index < -0.39 is 17.6 Å². The van der Waals surface area contributed by atoms with E-state index in [4.69, 9.17) is 0 Å². The molecule has 2 radical (unpaired) electrons. The summed E-state index contributed by atoms with van der Waals surface area (Å²) in [4.78, 5) is 0. The number of rotatable bonds is 9. The lowest BCUT2D eigenvalue weighted by Gasteiger charge is -2.33. The molecule has 2 aromatic rings. The second-order valence-corrected chi connectivity index (χ2v) is 16.3. The maximum atomic E-state index is 2.75. The van der Waals surface area contributed by atoms with Crippen LogP contribution in [0.5, 0.6) is 0 Å². The van der Waals surface area contributed by atoms with Gasteiger partial charge in [0.15, 0.2) is 0 Å². The average molecular weight is 460 g/mol. The van der Waals surface area contributed by atoms with Crippen LogP contribution in [0.15, 0.2) is 42.0 Å². The maximum absolute atomic E-state index is 2.75. The zero-order valence-electron chi connectivity index (χ0n) is 21.1. The van der Waals surface area contributed by atoms with Crippen molar-refractivity contribution in [2.75, 3.05) is 0 Å². The van der Waals surface area contributed by atoms with Gasteiger partial charge in [-0.15, -0.1) is 0 Å². The second kappa shape index (κ2) is 9.73. The summed E-state index contributed by atoms with van der Waals surface area (Å²) in [7, 11) is -0.997. The highest BCUT2D eigenvalue weighted by molar-refractivity contribution is 6.62. The molecule has 1 nitrogen and oxygen atoms in total. The smallest absolute Gasteiger partial charge is 0.0661 e. The molecule has 4 rings (SSSR count). The zero-order chi connectivity index (χ0) is 22.9. The lowest BCUT2D eigenvalue weighted by molar-refractivity contribution is 0.649. The Morgan fingerprint density at radius 1 is 1.03 bits per heavy atom. The number of benzene rings is 1. The van der Waals surface area contributed by atoms with Crippen LogP contribution >= 0.6 is 0 Å². The van der Waals surface area contributed by atoms with Gasteiger partial charge < -0.3 is 4.57 Å². The third-order valence-corrected chi connectivity index (χ3v) is 12.0. The lowest BCUT2D eigenvalue weighted by atomic mass is 9.93. The minimum atomic E-state index is -0.607. The number of hydrogen-bond acceptors (Lipinski definition) is 0. The molecule has 0 spiro atoms. The van der Waals surface area contributed by atoms with Crippen LogP contribution in [0.25, 0.3) is 17.3 Å². The molecule has 2 aliphatic carbocycles. The minimum absolute atomic E-state index is 0.187. The molecule has 2 aliphatic rings. The van der Waals surface area contributed by atoms with E-state index >= 15 is 0 Å². The highest BCUT2D eigenvalue weighted by Gasteiger charge is 2.47. The first-order chi connectivity index (χ1) is 15.4. The summed E-state index contributed by atoms with van der Waals surface area (Å²) in [5.74, 6) is 0. The molecule has 0 fully saturated rings. The summed E-state index contributed by atoms with van der Waals surface area (Å²) in [6.07, 6.45) is 16.4. The summed E-state index contributed by atoms with van der Waals surface area (Å²) in [5, 5.41) is 0.187. The minimum Gasteiger partial charge on any atom is -0.347 e. The molecular formula is C29H41NSi2. The first-order valence-electron chi connectivity index (χ1n) is 12.7. The van der Waals surface area contributed by atoms with Gasteiger partial charge in [-0.25, -0.2) is 0 Å². The van der Waals surface area contributed by atoms with Crippen LogP contribution in [0.4, 0.5) is 0 Å². The summed E-state index contributed by atoms with van der Waals surface area (Å²) in [6, 6.07) is 10.8. The van der Waals surface area contributed by atoms with E-state index in [0.717, 1.165) is 6.42 Å². The van der Waals surface area contributed by atoms with Gasteiger partial charge in [0.25, 0.3) is 0 Å². The van der Waals surface area contributed by atoms with Gasteiger partial charge in [0.2, 0.25) is 0 Å². The van der Waals surface area contributed by atoms with Crippen LogP contribution in [0.2, 0.25) is 25.7 Å². The Balaban J connectivity index is 1.85. The van der Waals surface area contributed by atoms with E-state index in [1.807, 2.05) is 0 Å². The molecule has 1 heterocycles. The zero-order valence-corrected chi connectivity index (χ0v) is 23.1. The van der Waals surface area contributed by atoms with E-state index in [0.29, 0.717) is 0 Å². The third kappa shape index (κ3) is 4.07. The van der Waals surface area contributed by atoms with Crippen molar-refractivity contribution in [2.24, 2.45) is 0 Å². The van der Waals surface area contributed by atoms with Crippen molar-refractivity contribution in [3.8, 4) is 11.3 Å². The molecule has 0 saturated carbocycles. The Morgan fingerprint density at radius 3 is 2.53 bits per heavy atom. The average Bonchev–Trinajstić information content (AvgIpc) is 3.10. The summed E-state index contributed by atoms with van der Waals surface area (Å²) >= 11 is 0. The van der Waals surface area contributed by atoms with Gasteiger partial charge in [0.05, 0.1) is 23.3 Å². The molecule has 0 aliphatic heterocycles. The van der Waals surface area contributed by atoms with Crippen molar-refractivity contribution in [3.05, 3.63) is 64.4 Å². The molecule has 0 amide bonds. The Labute approximate surface area is 199 Å². The van der Waals surface area contributed by atoms with Crippen LogP contribution in [0, 0.1) is 0 Å². The van der Waals surface area contributed by atoms with Gasteiger partial charge in [-0.05, 0) is 24.1 Å². The summed E-state index contributed by atoms with van der Waals surface area (Å²) < 4.78 is 2.75. The summed E-state index contributed by atoms with van der Waals surface area (Å²) in [6.45, 7) is 14.7. The predicted molar refractivity (Wildman–Crippen MR) is 145 cm³/mol. The number of unbranched alkanes of at least 4 members (excludes halogenated alkanes) is 4. The fourth-order valence-corrected chi connectivity index (χ4v) is 9.54. The molecule has 170 valence electrons. The van der Waals surface area contributed by atoms with Crippen molar-refractivity contribution >= 4 is 23.7 Å². The number of nitrogens with zero attached hydrogens (tertiary/aromatic N) is 1. The van der Waals surface area contributed by atoms with Crippen LogP contribution in [-0.4, -0.2) is 22.2 Å². The molecule has 3 heteroatoms. The number of allylic oxidation sites excluding steroid dienone is 3. The Morgan fingerprint density at radius 2 is 1.78 bits per heavy atom. The number of hydrogen-bond donors (Lipinski definition) is 0. The lowest BCUT2D eigenvalue weighted by Crippen LogP contribution is -2.38. The first-order valence-corrected chi connectivity index (χ1v) is 17.6. The Kier molecular flexibility index (Phi) is 7.16. The fraction of sp³-hybridized carbons (Fsp3) is 0.517. The third-order valence-electron chi connectivity index (χ3n) is 7.68. The highest BCUT2D eigenvalue weighted by Crippen LogP contribution is 2.54. The largest absolute Gasteiger partial charge is 0.347 e. The van der Waals surface area contributed by atoms with Crippen molar-refractivity contribution in [1.82, 2.24) is 4.57 Å². The van der Waals surface area contributed by atoms with E-state index in [1.165, 1.54) is 55.5 Å². The van der Waals surface area contributed by atoms with E-state index in [2.05, 4.69) is 87.5 Å². The molecule has 1 aromatic heterocycles. The standard InChI is InChI=1S/C29H41NSi2/c1-7-8-9-10-13-19-32(6)29(3)25-17-12-11-16-23(25)28-27(29)24-20-22(2)15-14-18-26(24)30(28)21-31(4)5/h11-12,14-17,20H,7-10,13,18-19,21H2,1-6H3. The van der Waals surface area contributed by atoms with Crippen molar-refractivity contribution in [2.45, 2.75) is 96.2 Å². The molecule has 32 heavy (non-hydrogen) atoms. The topological polar surface area (TPSA) is 4.93 Å². The SMILES string of the molecule is CCCCCCC[Si](C)C1(C)c2ccccc2-c2c1c1c(n2C[Si](C)C)CC=CC(C)=C1. The molecule has 0 saturated heterocycles. The predicted octanol–water partition coefficient (Wildman–Crippen LogP) is 8.22. The highest BCUT2D eigenvalue weighted by atomic mass is 28.3. The first kappa shape index (κ1) is 23.6. The van der Waals surface area contributed by atoms with Crippen LogP contribution < -0.4 is 0 Å². The van der Waals surface area contributed by atoms with Gasteiger partial charge in [0, 0.05) is 34.4 Å². The second-order valence-electron chi connectivity index (χ2n) is 10.5. The molecule has 0 bridgehead atoms. The molecule has 0 N–H and O–H groups in total. The van der Waals surface area contributed by atoms with Gasteiger partial charge in [0.1, 0.15) is 0 Å². The maximum Gasteiger partial charge on any atom is 0.0661 e. The Hall–Kier alpha value is -1.59. The molecule has 1 unspecified atom stereocenters. The monoisotopic (exact) mass is 459 g/mol. The van der Waals surface area contributed by atoms with Crippen molar-refractivity contribution in [3.63, 3.8) is 0 Å². The van der Waals surface area contributed by atoms with Crippen LogP contribution in [0.1, 0.15) is 75.3 Å². The van der Waals surface area contributed by atoms with Gasteiger partial charge in [-0.2, -0.15) is 0 Å². The van der Waals surface area contributed by atoms with E-state index in [-0.39, 0.29) is 5.04 Å². The van der Waals surface area contributed by atoms with Gasteiger partial charge in [-0.3, -0.25) is 0 Å². The van der Waals surface area contributed by atoms with Gasteiger partial charge in [-0.1, -0.05) is 114 Å². The molecule has 1 atom stereocenters. The van der Waals surface area contributed by atoms with E-state index in [1.54, 1.807) is 28.1 Å². The quantitative estimate of drug-likeness (QED) is 0.263. The molecular weight excluding hydrogens is 418 g/mol. The van der Waals surface area contributed by atoms with Crippen molar-refractivity contribution < 1.29 is 0 Å². The number of aromatic nitrogens is 1. The normalized spacial score (nSPS) is 19.2. The molecule has 1 aromatic carbocycles.